The molecule has 2 unspecified atom stereocenters. The fourth-order valence-electron chi connectivity index (χ4n) is 3.48. The van der Waals surface area contributed by atoms with Gasteiger partial charge in [0, 0.05) is 43.9 Å². The summed E-state index contributed by atoms with van der Waals surface area (Å²) in [6.07, 6.45) is 2.97. The predicted octanol–water partition coefficient (Wildman–Crippen LogP) is 2.32. The molecule has 1 aliphatic carbocycles. The lowest BCUT2D eigenvalue weighted by molar-refractivity contribution is 0.278. The Kier molecular flexibility index (Phi) is 5.08. The van der Waals surface area contributed by atoms with Crippen LogP contribution >= 0.6 is 0 Å². The average Bonchev–Trinajstić information content (AvgIpc) is 3.39. The summed E-state index contributed by atoms with van der Waals surface area (Å²) in [6.45, 7) is 5.04. The highest BCUT2D eigenvalue weighted by atomic mass is 16.5. The number of nitrogens with zero attached hydrogens (tertiary/aromatic N) is 5. The number of aryl methyl sites for hydroxylation is 4. The molecule has 8 heteroatoms. The molecule has 0 aliphatic heterocycles. The van der Waals surface area contributed by atoms with Gasteiger partial charge in [-0.2, -0.15) is 5.10 Å². The van der Waals surface area contributed by atoms with Crippen LogP contribution in [0.1, 0.15) is 35.0 Å². The van der Waals surface area contributed by atoms with E-state index in [1.807, 2.05) is 33.2 Å². The summed E-state index contributed by atoms with van der Waals surface area (Å²) in [4.78, 5) is 16.9. The molecule has 3 aromatic heterocycles. The number of ether oxygens (including phenoxy) is 1. The van der Waals surface area contributed by atoms with Crippen molar-refractivity contribution in [2.45, 2.75) is 32.7 Å². The third-order valence-corrected chi connectivity index (χ3v) is 5.28. The predicted molar refractivity (Wildman–Crippen MR) is 110 cm³/mol. The number of hydrogen-bond acceptors (Lipinski definition) is 6. The summed E-state index contributed by atoms with van der Waals surface area (Å²) in [5.74, 6) is 1.31. The Morgan fingerprint density at radius 2 is 2.00 bits per heavy atom. The van der Waals surface area contributed by atoms with Crippen molar-refractivity contribution in [1.82, 2.24) is 24.5 Å². The first kappa shape index (κ1) is 19.2. The van der Waals surface area contributed by atoms with Gasteiger partial charge < -0.3 is 10.1 Å². The van der Waals surface area contributed by atoms with Crippen molar-refractivity contribution in [3.05, 3.63) is 63.5 Å². The first-order valence-electron chi connectivity index (χ1n) is 9.78. The van der Waals surface area contributed by atoms with Crippen molar-refractivity contribution in [3.63, 3.8) is 0 Å². The van der Waals surface area contributed by atoms with E-state index in [-0.39, 0.29) is 5.56 Å². The molecule has 1 saturated carbocycles. The van der Waals surface area contributed by atoms with Gasteiger partial charge in [0.1, 0.15) is 5.69 Å². The van der Waals surface area contributed by atoms with Crippen molar-refractivity contribution in [2.75, 3.05) is 11.9 Å². The Labute approximate surface area is 169 Å². The third kappa shape index (κ3) is 4.31. The fraction of sp³-hybridized carbons (Fsp3) is 0.429. The van der Waals surface area contributed by atoms with Gasteiger partial charge in [0.2, 0.25) is 5.88 Å². The largest absolute Gasteiger partial charge is 0.476 e. The molecule has 8 nitrogen and oxygen atoms in total. The number of pyridine rings is 1. The second-order valence-electron chi connectivity index (χ2n) is 7.75. The molecule has 1 N–H and O–H groups in total. The molecule has 3 aromatic rings. The zero-order valence-corrected chi connectivity index (χ0v) is 17.2. The second kappa shape index (κ2) is 7.69. The maximum absolute atomic E-state index is 12.4. The maximum atomic E-state index is 12.4. The van der Waals surface area contributed by atoms with Crippen LogP contribution in [0.2, 0.25) is 0 Å². The van der Waals surface area contributed by atoms with Crippen molar-refractivity contribution >= 4 is 5.69 Å². The van der Waals surface area contributed by atoms with Crippen LogP contribution < -0.4 is 15.6 Å². The maximum Gasteiger partial charge on any atom is 0.290 e. The minimum Gasteiger partial charge on any atom is -0.476 e. The molecule has 2 atom stereocenters. The highest BCUT2D eigenvalue weighted by molar-refractivity contribution is 5.43. The lowest BCUT2D eigenvalue weighted by atomic mass is 10.2. The molecular weight excluding hydrogens is 368 g/mol. The van der Waals surface area contributed by atoms with Gasteiger partial charge in [-0.05, 0) is 38.0 Å². The SMILES string of the molecule is Cc1ccc(C2CC2COc2cc(NCc3cc(C)nn3C)c(=O)n(C)n2)nc1. The van der Waals surface area contributed by atoms with Gasteiger partial charge >= 0.3 is 0 Å². The monoisotopic (exact) mass is 394 g/mol. The molecule has 152 valence electrons. The van der Waals surface area contributed by atoms with E-state index in [9.17, 15) is 4.79 Å². The first-order chi connectivity index (χ1) is 13.9. The number of rotatable bonds is 7. The molecule has 1 aliphatic rings. The lowest BCUT2D eigenvalue weighted by Gasteiger charge is -2.11. The van der Waals surface area contributed by atoms with E-state index in [1.54, 1.807) is 17.8 Å². The van der Waals surface area contributed by atoms with Crippen LogP contribution in [-0.2, 0) is 20.6 Å². The summed E-state index contributed by atoms with van der Waals surface area (Å²) >= 11 is 0. The van der Waals surface area contributed by atoms with E-state index >= 15 is 0 Å². The van der Waals surface area contributed by atoms with Gasteiger partial charge in [-0.3, -0.25) is 14.5 Å². The van der Waals surface area contributed by atoms with Crippen LogP contribution in [0, 0.1) is 19.8 Å². The van der Waals surface area contributed by atoms with Crippen LogP contribution in [0.25, 0.3) is 0 Å². The van der Waals surface area contributed by atoms with Gasteiger partial charge in [0.15, 0.2) is 0 Å². The van der Waals surface area contributed by atoms with Gasteiger partial charge in [0.05, 0.1) is 24.5 Å². The van der Waals surface area contributed by atoms with Gasteiger partial charge in [-0.15, -0.1) is 5.10 Å². The smallest absolute Gasteiger partial charge is 0.290 e. The molecule has 0 bridgehead atoms. The quantitative estimate of drug-likeness (QED) is 0.662. The van der Waals surface area contributed by atoms with Crippen LogP contribution in [-0.4, -0.2) is 31.2 Å². The summed E-state index contributed by atoms with van der Waals surface area (Å²) in [5, 5.41) is 11.7. The van der Waals surface area contributed by atoms with E-state index in [1.165, 1.54) is 4.68 Å². The Balaban J connectivity index is 1.39. The molecule has 3 heterocycles. The third-order valence-electron chi connectivity index (χ3n) is 5.28. The summed E-state index contributed by atoms with van der Waals surface area (Å²) in [7, 11) is 3.52. The molecule has 0 aromatic carbocycles. The number of hydrogen-bond donors (Lipinski definition) is 1. The summed E-state index contributed by atoms with van der Waals surface area (Å²) in [6, 6.07) is 7.84. The van der Waals surface area contributed by atoms with Gasteiger partial charge in [-0.25, -0.2) is 4.68 Å². The van der Waals surface area contributed by atoms with Crippen molar-refractivity contribution in [3.8, 4) is 5.88 Å². The number of nitrogens with one attached hydrogen (secondary N) is 1. The molecule has 0 spiro atoms. The van der Waals surface area contributed by atoms with Crippen LogP contribution in [0.15, 0.2) is 35.3 Å². The normalized spacial score (nSPS) is 17.9. The van der Waals surface area contributed by atoms with Crippen LogP contribution in [0.4, 0.5) is 5.69 Å². The Bertz CT molecular complexity index is 1070. The average molecular weight is 394 g/mol. The Morgan fingerprint density at radius 3 is 2.69 bits per heavy atom. The van der Waals surface area contributed by atoms with E-state index in [4.69, 9.17) is 4.74 Å². The number of aromatic nitrogens is 5. The van der Waals surface area contributed by atoms with E-state index in [0.717, 1.165) is 29.1 Å². The summed E-state index contributed by atoms with van der Waals surface area (Å²) in [5.41, 5.74) is 4.49. The summed E-state index contributed by atoms with van der Waals surface area (Å²) < 4.78 is 9.01. The minimum atomic E-state index is -0.190. The van der Waals surface area contributed by atoms with Crippen LogP contribution in [0.5, 0.6) is 5.88 Å². The Hall–Kier alpha value is -3.16. The Morgan fingerprint density at radius 1 is 1.17 bits per heavy atom. The molecule has 4 rings (SSSR count). The lowest BCUT2D eigenvalue weighted by Crippen LogP contribution is -2.24. The van der Waals surface area contributed by atoms with Crippen molar-refractivity contribution < 1.29 is 4.74 Å². The zero-order chi connectivity index (χ0) is 20.5. The van der Waals surface area contributed by atoms with Gasteiger partial charge in [0.25, 0.3) is 5.56 Å². The highest BCUT2D eigenvalue weighted by Gasteiger charge is 2.40. The highest BCUT2D eigenvalue weighted by Crippen LogP contribution is 2.46. The van der Waals surface area contributed by atoms with Crippen LogP contribution in [0.3, 0.4) is 0 Å². The van der Waals surface area contributed by atoms with E-state index < -0.39 is 0 Å². The molecule has 1 fully saturated rings. The van der Waals surface area contributed by atoms with Crippen molar-refractivity contribution in [1.29, 1.82) is 0 Å². The first-order valence-corrected chi connectivity index (χ1v) is 9.78. The molecular formula is C21H26N6O2. The standard InChI is InChI=1S/C21H26N6O2/c1-13-5-6-18(22-10-13)17-8-15(17)12-29-20-9-19(21(28)27(4)25-20)23-11-16-7-14(2)24-26(16)3/h5-7,9-10,15,17,23H,8,11-12H2,1-4H3. The molecule has 0 saturated heterocycles. The molecule has 0 radical (unpaired) electrons. The molecule has 0 amide bonds. The van der Waals surface area contributed by atoms with E-state index in [0.29, 0.717) is 36.6 Å². The fourth-order valence-corrected chi connectivity index (χ4v) is 3.48. The second-order valence-corrected chi connectivity index (χ2v) is 7.75. The minimum absolute atomic E-state index is 0.190. The molecule has 29 heavy (non-hydrogen) atoms. The number of anilines is 1. The van der Waals surface area contributed by atoms with Gasteiger partial charge in [-0.1, -0.05) is 6.07 Å². The van der Waals surface area contributed by atoms with E-state index in [2.05, 4.69) is 32.6 Å². The van der Waals surface area contributed by atoms with Crippen molar-refractivity contribution in [2.24, 2.45) is 20.0 Å². The zero-order valence-electron chi connectivity index (χ0n) is 17.2. The topological polar surface area (TPSA) is 86.9 Å².